The van der Waals surface area contributed by atoms with Crippen molar-refractivity contribution >= 4 is 15.9 Å². The highest BCUT2D eigenvalue weighted by molar-refractivity contribution is 9.10. The van der Waals surface area contributed by atoms with Gasteiger partial charge in [-0.2, -0.15) is 0 Å². The monoisotopic (exact) mass is 279 g/mol. The Hall–Kier alpha value is -0.860. The Labute approximate surface area is 107 Å². The molecule has 0 unspecified atom stereocenters. The Bertz CT molecular complexity index is 336. The van der Waals surface area contributed by atoms with Gasteiger partial charge in [0, 0.05) is 24.1 Å². The number of hydrogen-bond donors (Lipinski definition) is 0. The first-order valence-corrected chi connectivity index (χ1v) is 6.24. The third-order valence-corrected chi connectivity index (χ3v) is 3.20. The minimum atomic E-state index is 0.913. The van der Waals surface area contributed by atoms with E-state index in [1.165, 1.54) is 10.0 Å². The van der Waals surface area contributed by atoms with Crippen LogP contribution in [-0.2, 0) is 6.42 Å². The summed E-state index contributed by atoms with van der Waals surface area (Å²) in [6, 6.07) is 8.36. The maximum Gasteiger partial charge on any atom is 0.0207 e. The smallest absolute Gasteiger partial charge is 0.0207 e. The molecule has 86 valence electrons. The van der Waals surface area contributed by atoms with Gasteiger partial charge < -0.3 is 0 Å². The molecule has 0 N–H and O–H groups in total. The van der Waals surface area contributed by atoms with Gasteiger partial charge in [-0.25, -0.2) is 0 Å². The minimum Gasteiger partial charge on any atom is -0.296 e. The molecule has 1 nitrogen and oxygen atoms in total. The normalized spacial score (nSPS) is 10.4. The molecule has 0 atom stereocenters. The van der Waals surface area contributed by atoms with Crippen molar-refractivity contribution in [3.05, 3.63) is 59.6 Å². The van der Waals surface area contributed by atoms with Crippen molar-refractivity contribution in [2.45, 2.75) is 6.42 Å². The Morgan fingerprint density at radius 2 is 1.75 bits per heavy atom. The zero-order valence-electron chi connectivity index (χ0n) is 9.53. The van der Waals surface area contributed by atoms with Crippen LogP contribution in [0.25, 0.3) is 0 Å². The summed E-state index contributed by atoms with van der Waals surface area (Å²) in [7, 11) is 0. The standard InChI is InChI=1S/C14H18BrN/c1-3-10-16(11-4-2)12-9-13-7-5-6-8-14(13)15/h3-8H,1-2,9-12H2. The molecule has 0 spiro atoms. The lowest BCUT2D eigenvalue weighted by atomic mass is 10.1. The van der Waals surface area contributed by atoms with Crippen LogP contribution in [0.5, 0.6) is 0 Å². The third-order valence-electron chi connectivity index (χ3n) is 2.43. The summed E-state index contributed by atoms with van der Waals surface area (Å²) < 4.78 is 1.19. The molecule has 0 bridgehead atoms. The largest absolute Gasteiger partial charge is 0.296 e. The summed E-state index contributed by atoms with van der Waals surface area (Å²) in [4.78, 5) is 2.32. The van der Waals surface area contributed by atoms with Crippen LogP contribution in [-0.4, -0.2) is 24.5 Å². The van der Waals surface area contributed by atoms with Gasteiger partial charge in [-0.05, 0) is 18.1 Å². The number of benzene rings is 1. The van der Waals surface area contributed by atoms with Gasteiger partial charge in [-0.1, -0.05) is 46.3 Å². The van der Waals surface area contributed by atoms with Crippen LogP contribution in [0, 0.1) is 0 Å². The first kappa shape index (κ1) is 13.2. The number of rotatable bonds is 7. The van der Waals surface area contributed by atoms with Crippen molar-refractivity contribution in [1.82, 2.24) is 4.90 Å². The molecule has 0 saturated carbocycles. The van der Waals surface area contributed by atoms with E-state index in [0.29, 0.717) is 0 Å². The first-order valence-electron chi connectivity index (χ1n) is 5.45. The van der Waals surface area contributed by atoms with Crippen LogP contribution >= 0.6 is 15.9 Å². The number of halogens is 1. The average Bonchev–Trinajstić information content (AvgIpc) is 2.28. The molecule has 1 aromatic rings. The fourth-order valence-corrected chi connectivity index (χ4v) is 2.08. The van der Waals surface area contributed by atoms with Crippen LogP contribution in [0.3, 0.4) is 0 Å². The van der Waals surface area contributed by atoms with E-state index in [2.05, 4.69) is 52.2 Å². The average molecular weight is 280 g/mol. The summed E-state index contributed by atoms with van der Waals surface area (Å²) in [5.74, 6) is 0. The maximum atomic E-state index is 3.77. The van der Waals surface area contributed by atoms with E-state index in [0.717, 1.165) is 26.1 Å². The van der Waals surface area contributed by atoms with Crippen LogP contribution in [0.15, 0.2) is 54.0 Å². The molecule has 0 radical (unpaired) electrons. The molecule has 0 saturated heterocycles. The molecule has 1 rings (SSSR count). The number of nitrogens with zero attached hydrogens (tertiary/aromatic N) is 1. The molecular formula is C14H18BrN. The van der Waals surface area contributed by atoms with E-state index >= 15 is 0 Å². The fourth-order valence-electron chi connectivity index (χ4n) is 1.60. The Kier molecular flexibility index (Phi) is 6.12. The second kappa shape index (κ2) is 7.42. The van der Waals surface area contributed by atoms with Gasteiger partial charge in [0.2, 0.25) is 0 Å². The Morgan fingerprint density at radius 1 is 1.12 bits per heavy atom. The van der Waals surface area contributed by atoms with Crippen LogP contribution < -0.4 is 0 Å². The van der Waals surface area contributed by atoms with Crippen molar-refractivity contribution < 1.29 is 0 Å². The highest BCUT2D eigenvalue weighted by atomic mass is 79.9. The van der Waals surface area contributed by atoms with Crippen LogP contribution in [0.1, 0.15) is 5.56 Å². The van der Waals surface area contributed by atoms with Crippen LogP contribution in [0.2, 0.25) is 0 Å². The highest BCUT2D eigenvalue weighted by Gasteiger charge is 2.03. The van der Waals surface area contributed by atoms with E-state index in [1.807, 2.05) is 18.2 Å². The fraction of sp³-hybridized carbons (Fsp3) is 0.286. The predicted octanol–water partition coefficient (Wildman–Crippen LogP) is 3.67. The van der Waals surface area contributed by atoms with Gasteiger partial charge in [0.15, 0.2) is 0 Å². The van der Waals surface area contributed by atoms with Gasteiger partial charge >= 0.3 is 0 Å². The van der Waals surface area contributed by atoms with Crippen molar-refractivity contribution in [3.63, 3.8) is 0 Å². The van der Waals surface area contributed by atoms with Gasteiger partial charge in [-0.15, -0.1) is 13.2 Å². The molecule has 16 heavy (non-hydrogen) atoms. The topological polar surface area (TPSA) is 3.24 Å². The molecule has 0 aliphatic rings. The lowest BCUT2D eigenvalue weighted by Crippen LogP contribution is -2.26. The van der Waals surface area contributed by atoms with Gasteiger partial charge in [0.05, 0.1) is 0 Å². The van der Waals surface area contributed by atoms with Crippen molar-refractivity contribution in [2.75, 3.05) is 19.6 Å². The lowest BCUT2D eigenvalue weighted by Gasteiger charge is -2.18. The second-order valence-electron chi connectivity index (χ2n) is 3.68. The van der Waals surface area contributed by atoms with Gasteiger partial charge in [0.25, 0.3) is 0 Å². The Balaban J connectivity index is 2.51. The van der Waals surface area contributed by atoms with Gasteiger partial charge in [0.1, 0.15) is 0 Å². The minimum absolute atomic E-state index is 0.913. The van der Waals surface area contributed by atoms with E-state index in [4.69, 9.17) is 0 Å². The van der Waals surface area contributed by atoms with Crippen molar-refractivity contribution in [3.8, 4) is 0 Å². The van der Waals surface area contributed by atoms with E-state index < -0.39 is 0 Å². The Morgan fingerprint density at radius 3 is 2.31 bits per heavy atom. The molecule has 1 aromatic carbocycles. The summed E-state index contributed by atoms with van der Waals surface area (Å²) in [6.07, 6.45) is 4.91. The summed E-state index contributed by atoms with van der Waals surface area (Å²) in [5.41, 5.74) is 1.35. The summed E-state index contributed by atoms with van der Waals surface area (Å²) >= 11 is 3.57. The molecule has 2 heteroatoms. The zero-order valence-corrected chi connectivity index (χ0v) is 11.1. The molecule has 0 aliphatic heterocycles. The lowest BCUT2D eigenvalue weighted by molar-refractivity contribution is 0.339. The summed E-state index contributed by atoms with van der Waals surface area (Å²) in [5, 5.41) is 0. The summed E-state index contributed by atoms with van der Waals surface area (Å²) in [6.45, 7) is 10.4. The van der Waals surface area contributed by atoms with E-state index in [1.54, 1.807) is 0 Å². The third kappa shape index (κ3) is 4.33. The van der Waals surface area contributed by atoms with E-state index in [9.17, 15) is 0 Å². The molecule has 0 aliphatic carbocycles. The highest BCUT2D eigenvalue weighted by Crippen LogP contribution is 2.16. The van der Waals surface area contributed by atoms with Crippen molar-refractivity contribution in [1.29, 1.82) is 0 Å². The van der Waals surface area contributed by atoms with Gasteiger partial charge in [-0.3, -0.25) is 4.90 Å². The molecule has 0 heterocycles. The molecule has 0 fully saturated rings. The molecule has 0 aromatic heterocycles. The van der Waals surface area contributed by atoms with Crippen LogP contribution in [0.4, 0.5) is 0 Å². The first-order chi connectivity index (χ1) is 7.77. The second-order valence-corrected chi connectivity index (χ2v) is 4.53. The number of hydrogen-bond acceptors (Lipinski definition) is 1. The predicted molar refractivity (Wildman–Crippen MR) is 74.7 cm³/mol. The molecular weight excluding hydrogens is 262 g/mol. The van der Waals surface area contributed by atoms with E-state index in [-0.39, 0.29) is 0 Å². The quantitative estimate of drug-likeness (QED) is 0.689. The zero-order chi connectivity index (χ0) is 11.8. The molecule has 0 amide bonds. The van der Waals surface area contributed by atoms with Crippen molar-refractivity contribution in [2.24, 2.45) is 0 Å². The maximum absolute atomic E-state index is 3.77. The SMILES string of the molecule is C=CCN(CC=C)CCc1ccccc1Br.